The van der Waals surface area contributed by atoms with Gasteiger partial charge in [-0.25, -0.2) is 4.79 Å². The minimum Gasteiger partial charge on any atom is -0.462 e. The molecule has 2 aliphatic heterocycles. The SMILES string of the molecule is CCOC(=O)c1cnn(Cc2ccc(CN3CC4CC4C3=O)cc2C)c1.Cc1cc(CN2CC3CC3C2=O)ccc1CBr. The lowest BCUT2D eigenvalue weighted by molar-refractivity contribution is -0.131. The molecule has 2 aliphatic carbocycles. The fraction of sp³-hybridized carbons (Fsp3) is 0.471. The van der Waals surface area contributed by atoms with E-state index < -0.39 is 0 Å². The number of aryl methyl sites for hydroxylation is 2. The van der Waals surface area contributed by atoms with Crippen molar-refractivity contribution in [3.8, 4) is 0 Å². The van der Waals surface area contributed by atoms with Crippen molar-refractivity contribution in [2.24, 2.45) is 23.7 Å². The summed E-state index contributed by atoms with van der Waals surface area (Å²) in [6.45, 7) is 10.3. The first-order valence-corrected chi connectivity index (χ1v) is 16.4. The predicted octanol–water partition coefficient (Wildman–Crippen LogP) is 5.26. The number of benzene rings is 2. The Morgan fingerprint density at radius 3 is 1.91 bits per heavy atom. The van der Waals surface area contributed by atoms with E-state index in [4.69, 9.17) is 4.74 Å². The van der Waals surface area contributed by atoms with Crippen LogP contribution in [0.4, 0.5) is 0 Å². The van der Waals surface area contributed by atoms with Crippen LogP contribution >= 0.6 is 15.9 Å². The molecule has 0 bridgehead atoms. The van der Waals surface area contributed by atoms with E-state index in [1.54, 1.807) is 17.8 Å². The van der Waals surface area contributed by atoms with Gasteiger partial charge in [0.1, 0.15) is 0 Å². The van der Waals surface area contributed by atoms with Crippen LogP contribution in [0.15, 0.2) is 48.8 Å². The molecule has 2 saturated heterocycles. The molecule has 1 aromatic heterocycles. The lowest BCUT2D eigenvalue weighted by Gasteiger charge is -2.19. The van der Waals surface area contributed by atoms with Gasteiger partial charge in [0.15, 0.2) is 0 Å². The highest BCUT2D eigenvalue weighted by atomic mass is 79.9. The summed E-state index contributed by atoms with van der Waals surface area (Å²) < 4.78 is 6.73. The summed E-state index contributed by atoms with van der Waals surface area (Å²) in [5.74, 6) is 2.31. The molecule has 2 amide bonds. The molecule has 3 aromatic rings. The predicted molar refractivity (Wildman–Crippen MR) is 166 cm³/mol. The number of likely N-dealkylation sites (tertiary alicyclic amines) is 2. The van der Waals surface area contributed by atoms with Crippen LogP contribution in [0.5, 0.6) is 0 Å². The number of halogens is 1. The number of rotatable bonds is 9. The number of alkyl halides is 1. The minimum absolute atomic E-state index is 0.309. The topological polar surface area (TPSA) is 84.7 Å². The molecule has 3 heterocycles. The van der Waals surface area contributed by atoms with Crippen LogP contribution in [0, 0.1) is 37.5 Å². The molecule has 2 aromatic carbocycles. The van der Waals surface area contributed by atoms with Crippen LogP contribution in [0.2, 0.25) is 0 Å². The van der Waals surface area contributed by atoms with Gasteiger partial charge in [-0.2, -0.15) is 5.10 Å². The zero-order chi connectivity index (χ0) is 30.2. The van der Waals surface area contributed by atoms with Gasteiger partial charge < -0.3 is 14.5 Å². The van der Waals surface area contributed by atoms with Gasteiger partial charge in [-0.15, -0.1) is 0 Å². The molecular formula is C34H39BrN4O4. The molecule has 4 atom stereocenters. The summed E-state index contributed by atoms with van der Waals surface area (Å²) in [5, 5.41) is 5.14. The summed E-state index contributed by atoms with van der Waals surface area (Å²) >= 11 is 3.48. The number of hydrogen-bond acceptors (Lipinski definition) is 5. The minimum atomic E-state index is -0.348. The number of amides is 2. The number of hydrogen-bond donors (Lipinski definition) is 0. The molecule has 4 unspecified atom stereocenters. The summed E-state index contributed by atoms with van der Waals surface area (Å²) in [6, 6.07) is 12.8. The summed E-state index contributed by atoms with van der Waals surface area (Å²) in [5.41, 5.74) is 7.80. The Morgan fingerprint density at radius 1 is 0.884 bits per heavy atom. The van der Waals surface area contributed by atoms with Crippen LogP contribution in [0.3, 0.4) is 0 Å². The highest BCUT2D eigenvalue weighted by molar-refractivity contribution is 9.08. The Balaban J connectivity index is 0.000000167. The van der Waals surface area contributed by atoms with E-state index in [0.29, 0.717) is 60.7 Å². The number of ether oxygens (including phenoxy) is 1. The second-order valence-corrected chi connectivity index (χ2v) is 13.0. The van der Waals surface area contributed by atoms with Gasteiger partial charge in [-0.05, 0) is 78.8 Å². The lowest BCUT2D eigenvalue weighted by Crippen LogP contribution is -2.27. The Morgan fingerprint density at radius 2 is 1.44 bits per heavy atom. The fourth-order valence-corrected chi connectivity index (χ4v) is 7.06. The molecule has 226 valence electrons. The van der Waals surface area contributed by atoms with Crippen LogP contribution in [-0.4, -0.2) is 57.1 Å². The number of esters is 1. The molecule has 4 fully saturated rings. The standard InChI is InChI=1S/C20H23N3O3.C14H16BrNO/c1-3-26-20(25)17-8-21-23(12-17)11-15-5-4-14(6-13(15)2)9-22-10-16-7-18(16)19(22)24;1-9-4-10(2-3-11(9)6-15)7-16-8-12-5-13(12)14(16)17/h4-6,8,12,16,18H,3,7,9-11H2,1-2H3;2-4,12-13H,5-8H2,1H3. The zero-order valence-corrected chi connectivity index (χ0v) is 26.7. The third-order valence-corrected chi connectivity index (χ3v) is 9.80. The van der Waals surface area contributed by atoms with Gasteiger partial charge in [0.25, 0.3) is 0 Å². The van der Waals surface area contributed by atoms with E-state index in [9.17, 15) is 14.4 Å². The average Bonchev–Trinajstić information content (AvgIpc) is 3.82. The first-order chi connectivity index (χ1) is 20.7. The molecule has 0 spiro atoms. The van der Waals surface area contributed by atoms with E-state index in [2.05, 4.69) is 71.3 Å². The largest absolute Gasteiger partial charge is 0.462 e. The maximum absolute atomic E-state index is 12.1. The Labute approximate surface area is 261 Å². The molecule has 7 rings (SSSR count). The summed E-state index contributed by atoms with van der Waals surface area (Å²) in [6.07, 6.45) is 5.47. The number of carbonyl (C=O) groups is 3. The van der Waals surface area contributed by atoms with Crippen molar-refractivity contribution in [3.05, 3.63) is 87.7 Å². The monoisotopic (exact) mass is 646 g/mol. The van der Waals surface area contributed by atoms with Gasteiger partial charge in [0.05, 0.1) is 24.9 Å². The Hall–Kier alpha value is -3.46. The molecule has 43 heavy (non-hydrogen) atoms. The molecule has 0 N–H and O–H groups in total. The normalized spacial score (nSPS) is 23.1. The lowest BCUT2D eigenvalue weighted by atomic mass is 10.0. The highest BCUT2D eigenvalue weighted by Gasteiger charge is 2.52. The Kier molecular flexibility index (Phi) is 8.45. The van der Waals surface area contributed by atoms with Gasteiger partial charge in [-0.1, -0.05) is 52.3 Å². The third-order valence-electron chi connectivity index (χ3n) is 9.19. The molecule has 2 saturated carbocycles. The average molecular weight is 648 g/mol. The van der Waals surface area contributed by atoms with E-state index >= 15 is 0 Å². The summed E-state index contributed by atoms with van der Waals surface area (Å²) in [7, 11) is 0. The van der Waals surface area contributed by atoms with Crippen molar-refractivity contribution in [1.29, 1.82) is 0 Å². The van der Waals surface area contributed by atoms with Crippen molar-refractivity contribution in [3.63, 3.8) is 0 Å². The number of nitrogens with zero attached hydrogens (tertiary/aromatic N) is 4. The van der Waals surface area contributed by atoms with Crippen LogP contribution in [0.25, 0.3) is 0 Å². The number of aromatic nitrogens is 2. The first kappa shape index (κ1) is 29.6. The van der Waals surface area contributed by atoms with Crippen LogP contribution < -0.4 is 0 Å². The van der Waals surface area contributed by atoms with Crippen molar-refractivity contribution in [2.75, 3.05) is 19.7 Å². The van der Waals surface area contributed by atoms with Gasteiger partial charge >= 0.3 is 5.97 Å². The molecule has 8 nitrogen and oxygen atoms in total. The molecular weight excluding hydrogens is 608 g/mol. The second-order valence-electron chi connectivity index (χ2n) is 12.4. The van der Waals surface area contributed by atoms with Gasteiger partial charge in [0.2, 0.25) is 11.8 Å². The smallest absolute Gasteiger partial charge is 0.341 e. The second kappa shape index (κ2) is 12.3. The van der Waals surface area contributed by atoms with E-state index in [1.807, 2.05) is 9.80 Å². The third kappa shape index (κ3) is 6.56. The van der Waals surface area contributed by atoms with E-state index in [1.165, 1.54) is 22.9 Å². The highest BCUT2D eigenvalue weighted by Crippen LogP contribution is 2.47. The molecule has 9 heteroatoms. The number of fused-ring (bicyclic) bond motifs is 2. The van der Waals surface area contributed by atoms with Crippen molar-refractivity contribution >= 4 is 33.7 Å². The van der Waals surface area contributed by atoms with Gasteiger partial charge in [0, 0.05) is 49.5 Å². The Bertz CT molecular complexity index is 1550. The molecule has 0 radical (unpaired) electrons. The number of piperidine rings is 2. The van der Waals surface area contributed by atoms with Gasteiger partial charge in [-0.3, -0.25) is 14.3 Å². The van der Waals surface area contributed by atoms with Crippen molar-refractivity contribution in [1.82, 2.24) is 19.6 Å². The first-order valence-electron chi connectivity index (χ1n) is 15.2. The molecule has 4 aliphatic rings. The fourth-order valence-electron chi connectivity index (χ4n) is 6.43. The zero-order valence-electron chi connectivity index (χ0n) is 25.1. The van der Waals surface area contributed by atoms with Crippen LogP contribution in [-0.2, 0) is 39.3 Å². The van der Waals surface area contributed by atoms with Crippen LogP contribution in [0.1, 0.15) is 63.5 Å². The van der Waals surface area contributed by atoms with E-state index in [0.717, 1.165) is 54.5 Å². The maximum atomic E-state index is 12.1. The van der Waals surface area contributed by atoms with Crippen molar-refractivity contribution < 1.29 is 19.1 Å². The maximum Gasteiger partial charge on any atom is 0.341 e. The number of carbonyl (C=O) groups excluding carboxylic acids is 3. The van der Waals surface area contributed by atoms with Crippen molar-refractivity contribution in [2.45, 2.75) is 58.6 Å². The summed E-state index contributed by atoms with van der Waals surface area (Å²) in [4.78, 5) is 39.7. The van der Waals surface area contributed by atoms with E-state index in [-0.39, 0.29) is 5.97 Å². The quantitative estimate of drug-likeness (QED) is 0.234.